The molecule has 0 bridgehead atoms. The first-order chi connectivity index (χ1) is 26.1. The van der Waals surface area contributed by atoms with Crippen molar-refractivity contribution in [1.29, 1.82) is 0 Å². The minimum atomic E-state index is -4.42. The Kier molecular flexibility index (Phi) is 35.5. The number of rotatable bonds is 36. The number of aliphatic hydroxyl groups is 2. The first-order valence-electron chi connectivity index (χ1n) is 20.1. The van der Waals surface area contributed by atoms with Crippen molar-refractivity contribution >= 4 is 19.8 Å². The van der Waals surface area contributed by atoms with Gasteiger partial charge in [-0.1, -0.05) is 157 Å². The summed E-state index contributed by atoms with van der Waals surface area (Å²) in [5.41, 5.74) is 5.32. The van der Waals surface area contributed by atoms with Crippen LogP contribution in [-0.2, 0) is 32.7 Å². The van der Waals surface area contributed by atoms with Gasteiger partial charge in [0.1, 0.15) is 6.61 Å². The standard InChI is InChI=1S/C42H72NO10P/c1-3-5-7-8-9-10-11-12-13-14-18-26-32-41(46)50-36-40(37-52-54(48,49)51-35-34-43)53-42(47)33-27-19-16-15-17-23-29-39(45)31-25-21-20-24-30-38(44)28-22-6-4-2/h6,16-17,19-25,30-31,38-40,44-45H,3-5,7-15,18,26-29,32-37,43H2,1-2H3,(H,48,49)/b19-16-,21-20-,22-6-,23-17-,30-24+,31-25+/t38-,39+,40+/m0/s1. The Hall–Kier alpha value is -2.63. The van der Waals surface area contributed by atoms with Gasteiger partial charge in [0.2, 0.25) is 0 Å². The fourth-order valence-corrected chi connectivity index (χ4v) is 5.78. The molecule has 5 N–H and O–H groups in total. The van der Waals surface area contributed by atoms with Crippen LogP contribution in [-0.4, -0.2) is 71.7 Å². The Labute approximate surface area is 326 Å². The third-order valence-corrected chi connectivity index (χ3v) is 9.02. The molecule has 0 aromatic carbocycles. The van der Waals surface area contributed by atoms with Gasteiger partial charge < -0.3 is 30.3 Å². The van der Waals surface area contributed by atoms with Crippen molar-refractivity contribution in [2.45, 2.75) is 154 Å². The van der Waals surface area contributed by atoms with E-state index < -0.39 is 44.7 Å². The van der Waals surface area contributed by atoms with Crippen LogP contribution in [0.4, 0.5) is 0 Å². The summed E-state index contributed by atoms with van der Waals surface area (Å²) in [6, 6.07) is 0. The molecule has 11 nitrogen and oxygen atoms in total. The second kappa shape index (κ2) is 37.3. The predicted molar refractivity (Wildman–Crippen MR) is 218 cm³/mol. The Morgan fingerprint density at radius 2 is 1.22 bits per heavy atom. The van der Waals surface area contributed by atoms with E-state index in [-0.39, 0.29) is 32.6 Å². The lowest BCUT2D eigenvalue weighted by Gasteiger charge is -2.19. The average molecular weight is 782 g/mol. The van der Waals surface area contributed by atoms with Crippen LogP contribution in [0.5, 0.6) is 0 Å². The van der Waals surface area contributed by atoms with E-state index in [1.54, 1.807) is 36.5 Å². The number of esters is 2. The van der Waals surface area contributed by atoms with Gasteiger partial charge in [0.05, 0.1) is 25.4 Å². The molecule has 4 atom stereocenters. The molecule has 54 heavy (non-hydrogen) atoms. The lowest BCUT2D eigenvalue weighted by molar-refractivity contribution is -0.161. The van der Waals surface area contributed by atoms with Crippen molar-refractivity contribution < 1.29 is 47.8 Å². The molecule has 0 fully saturated rings. The van der Waals surface area contributed by atoms with Crippen LogP contribution in [0.3, 0.4) is 0 Å². The van der Waals surface area contributed by atoms with Crippen LogP contribution >= 0.6 is 7.82 Å². The van der Waals surface area contributed by atoms with E-state index in [0.29, 0.717) is 32.1 Å². The lowest BCUT2D eigenvalue weighted by atomic mass is 10.0. The van der Waals surface area contributed by atoms with Gasteiger partial charge in [-0.25, -0.2) is 4.57 Å². The highest BCUT2D eigenvalue weighted by molar-refractivity contribution is 7.47. The van der Waals surface area contributed by atoms with Crippen LogP contribution in [0.15, 0.2) is 72.9 Å². The zero-order chi connectivity index (χ0) is 40.0. The average Bonchev–Trinajstić information content (AvgIpc) is 3.14. The van der Waals surface area contributed by atoms with Gasteiger partial charge in [-0.15, -0.1) is 0 Å². The van der Waals surface area contributed by atoms with E-state index in [4.69, 9.17) is 24.3 Å². The predicted octanol–water partition coefficient (Wildman–Crippen LogP) is 9.04. The van der Waals surface area contributed by atoms with E-state index in [1.165, 1.54) is 51.4 Å². The fraction of sp³-hybridized carbons (Fsp3) is 0.667. The topological polar surface area (TPSA) is 175 Å². The minimum Gasteiger partial charge on any atom is -0.462 e. The van der Waals surface area contributed by atoms with Crippen LogP contribution in [0.2, 0.25) is 0 Å². The smallest absolute Gasteiger partial charge is 0.462 e. The van der Waals surface area contributed by atoms with Gasteiger partial charge in [0.15, 0.2) is 6.10 Å². The molecule has 0 aromatic heterocycles. The van der Waals surface area contributed by atoms with E-state index in [1.807, 2.05) is 43.4 Å². The van der Waals surface area contributed by atoms with Gasteiger partial charge in [-0.3, -0.25) is 18.6 Å². The quantitative estimate of drug-likeness (QED) is 0.0157. The number of phosphoric ester groups is 1. The van der Waals surface area contributed by atoms with Gasteiger partial charge in [0, 0.05) is 19.4 Å². The number of hydrogen-bond acceptors (Lipinski definition) is 10. The number of unbranched alkanes of at least 4 members (excludes halogenated alkanes) is 11. The first kappa shape index (κ1) is 51.4. The van der Waals surface area contributed by atoms with E-state index in [2.05, 4.69) is 6.92 Å². The fourth-order valence-electron chi connectivity index (χ4n) is 5.01. The number of nitrogens with two attached hydrogens (primary N) is 1. The second-order valence-corrected chi connectivity index (χ2v) is 14.6. The third-order valence-electron chi connectivity index (χ3n) is 8.04. The third kappa shape index (κ3) is 36.4. The molecule has 0 heterocycles. The molecule has 0 amide bonds. The molecule has 0 aromatic rings. The van der Waals surface area contributed by atoms with Crippen LogP contribution in [0, 0.1) is 0 Å². The molecule has 0 radical (unpaired) electrons. The molecule has 0 rings (SSSR count). The minimum absolute atomic E-state index is 0.0212. The number of aliphatic hydroxyl groups excluding tert-OH is 2. The molecule has 0 aliphatic heterocycles. The molecular weight excluding hydrogens is 709 g/mol. The lowest BCUT2D eigenvalue weighted by Crippen LogP contribution is -2.29. The Morgan fingerprint density at radius 3 is 1.80 bits per heavy atom. The van der Waals surface area contributed by atoms with Gasteiger partial charge in [0.25, 0.3) is 0 Å². The van der Waals surface area contributed by atoms with Crippen molar-refractivity contribution in [3.8, 4) is 0 Å². The van der Waals surface area contributed by atoms with Crippen molar-refractivity contribution in [3.05, 3.63) is 72.9 Å². The van der Waals surface area contributed by atoms with E-state index in [9.17, 15) is 29.3 Å². The SMILES string of the molecule is CC/C=C\C[C@H](O)/C=C/C=C\C=C\[C@H](O)C/C=C\C/C=C\CCC(=O)O[C@H](COC(=O)CCCCCCCCCCCCCC)COP(=O)(O)OCCN. The number of carbonyl (C=O) groups is 2. The molecule has 310 valence electrons. The maximum atomic E-state index is 12.5. The Bertz CT molecular complexity index is 1150. The highest BCUT2D eigenvalue weighted by Gasteiger charge is 2.25. The van der Waals surface area contributed by atoms with Crippen molar-refractivity contribution in [1.82, 2.24) is 0 Å². The van der Waals surface area contributed by atoms with Crippen molar-refractivity contribution in [2.24, 2.45) is 5.73 Å². The summed E-state index contributed by atoms with van der Waals surface area (Å²) < 4.78 is 32.5. The maximum absolute atomic E-state index is 12.5. The summed E-state index contributed by atoms with van der Waals surface area (Å²) in [7, 11) is -4.42. The number of hydrogen-bond donors (Lipinski definition) is 4. The van der Waals surface area contributed by atoms with Crippen molar-refractivity contribution in [3.63, 3.8) is 0 Å². The van der Waals surface area contributed by atoms with E-state index in [0.717, 1.165) is 25.7 Å². The summed E-state index contributed by atoms with van der Waals surface area (Å²) in [6.45, 7) is 3.30. The number of phosphoric acid groups is 1. The highest BCUT2D eigenvalue weighted by Crippen LogP contribution is 2.43. The van der Waals surface area contributed by atoms with Gasteiger partial charge in [-0.2, -0.15) is 0 Å². The summed E-state index contributed by atoms with van der Waals surface area (Å²) >= 11 is 0. The zero-order valence-corrected chi connectivity index (χ0v) is 34.0. The van der Waals surface area contributed by atoms with Crippen molar-refractivity contribution in [2.75, 3.05) is 26.4 Å². The van der Waals surface area contributed by atoms with Crippen LogP contribution in [0.25, 0.3) is 0 Å². The normalized spacial score (nSPS) is 15.3. The number of ether oxygens (including phenoxy) is 2. The summed E-state index contributed by atoms with van der Waals surface area (Å²) in [5, 5.41) is 19.9. The van der Waals surface area contributed by atoms with Gasteiger partial charge >= 0.3 is 19.8 Å². The largest absolute Gasteiger partial charge is 0.472 e. The second-order valence-electron chi connectivity index (χ2n) is 13.2. The molecule has 0 saturated carbocycles. The molecule has 0 aliphatic rings. The molecule has 0 saturated heterocycles. The molecule has 0 aliphatic carbocycles. The molecule has 0 spiro atoms. The first-order valence-corrected chi connectivity index (χ1v) is 21.6. The zero-order valence-electron chi connectivity index (χ0n) is 33.1. The van der Waals surface area contributed by atoms with E-state index >= 15 is 0 Å². The Balaban J connectivity index is 4.47. The van der Waals surface area contributed by atoms with Gasteiger partial charge in [-0.05, 0) is 38.5 Å². The number of carbonyl (C=O) groups excluding carboxylic acids is 2. The summed E-state index contributed by atoms with van der Waals surface area (Å²) in [4.78, 5) is 34.7. The highest BCUT2D eigenvalue weighted by atomic mass is 31.2. The van der Waals surface area contributed by atoms with Crippen LogP contribution in [0.1, 0.15) is 136 Å². The van der Waals surface area contributed by atoms with Crippen LogP contribution < -0.4 is 5.73 Å². The summed E-state index contributed by atoms with van der Waals surface area (Å²) in [6.07, 6.45) is 37.3. The Morgan fingerprint density at radius 1 is 0.667 bits per heavy atom. The molecule has 12 heteroatoms. The maximum Gasteiger partial charge on any atom is 0.472 e. The molecular formula is C42H72NO10P. The number of allylic oxidation sites excluding steroid dienone is 8. The molecule has 1 unspecified atom stereocenters. The summed E-state index contributed by atoms with van der Waals surface area (Å²) in [5.74, 6) is -1.00. The monoisotopic (exact) mass is 781 g/mol.